The number of nitrogens with one attached hydrogen (secondary N) is 1. The van der Waals surface area contributed by atoms with Crippen LogP contribution in [0.15, 0.2) is 36.8 Å². The first-order valence-electron chi connectivity index (χ1n) is 8.34. The second-order valence-corrected chi connectivity index (χ2v) is 6.48. The molecule has 3 aromatic rings. The fourth-order valence-electron chi connectivity index (χ4n) is 3.22. The normalized spacial score (nSPS) is 16.9. The number of pyridine rings is 1. The van der Waals surface area contributed by atoms with Gasteiger partial charge in [0.15, 0.2) is 0 Å². The van der Waals surface area contributed by atoms with Gasteiger partial charge in [-0.05, 0) is 31.0 Å². The maximum atomic E-state index is 10.7. The molecule has 4 heterocycles. The van der Waals surface area contributed by atoms with Crippen LogP contribution >= 0.6 is 0 Å². The maximum Gasteiger partial charge on any atom is 0.225 e. The highest BCUT2D eigenvalue weighted by molar-refractivity contribution is 5.82. The van der Waals surface area contributed by atoms with Crippen molar-refractivity contribution in [3.05, 3.63) is 36.8 Å². The molecule has 7 nitrogen and oxygen atoms in total. The lowest BCUT2D eigenvalue weighted by Crippen LogP contribution is -2.45. The highest BCUT2D eigenvalue weighted by Gasteiger charge is 2.32. The zero-order valence-electron chi connectivity index (χ0n) is 13.7. The SMILES string of the molecule is O=CCC1(O)CCN(c2ncc(-c3cc4cccnc4[nH]3)cn2)CC1. The molecular weight excluding hydrogens is 318 g/mol. The molecular formula is C18H19N5O2. The van der Waals surface area contributed by atoms with Crippen molar-refractivity contribution >= 4 is 23.3 Å². The molecule has 0 bridgehead atoms. The Morgan fingerprint density at radius 2 is 2.00 bits per heavy atom. The second kappa shape index (κ2) is 6.25. The third kappa shape index (κ3) is 3.10. The lowest BCUT2D eigenvalue weighted by atomic mass is 9.89. The first-order valence-corrected chi connectivity index (χ1v) is 8.34. The number of anilines is 1. The minimum atomic E-state index is -0.879. The lowest BCUT2D eigenvalue weighted by Gasteiger charge is -2.37. The van der Waals surface area contributed by atoms with Gasteiger partial charge >= 0.3 is 0 Å². The number of fused-ring (bicyclic) bond motifs is 1. The summed E-state index contributed by atoms with van der Waals surface area (Å²) in [6.45, 7) is 1.28. The molecule has 0 amide bonds. The Kier molecular flexibility index (Phi) is 3.93. The Balaban J connectivity index is 1.50. The van der Waals surface area contributed by atoms with Crippen LogP contribution in [0.5, 0.6) is 0 Å². The molecule has 4 rings (SSSR count). The lowest BCUT2D eigenvalue weighted by molar-refractivity contribution is -0.113. The van der Waals surface area contributed by atoms with Crippen LogP contribution in [0.4, 0.5) is 5.95 Å². The largest absolute Gasteiger partial charge is 0.389 e. The monoisotopic (exact) mass is 337 g/mol. The zero-order valence-corrected chi connectivity index (χ0v) is 13.7. The quantitative estimate of drug-likeness (QED) is 0.707. The zero-order chi connectivity index (χ0) is 17.3. The summed E-state index contributed by atoms with van der Waals surface area (Å²) in [4.78, 5) is 29.2. The fourth-order valence-corrected chi connectivity index (χ4v) is 3.22. The van der Waals surface area contributed by atoms with E-state index in [0.717, 1.165) is 28.6 Å². The van der Waals surface area contributed by atoms with Gasteiger partial charge in [0, 0.05) is 49.1 Å². The van der Waals surface area contributed by atoms with Gasteiger partial charge in [-0.2, -0.15) is 0 Å². The van der Waals surface area contributed by atoms with Gasteiger partial charge in [-0.3, -0.25) is 0 Å². The molecule has 1 fully saturated rings. The fraction of sp³-hybridized carbons (Fsp3) is 0.333. The molecule has 3 aromatic heterocycles. The molecule has 1 aliphatic heterocycles. The van der Waals surface area contributed by atoms with Gasteiger partial charge < -0.3 is 19.8 Å². The summed E-state index contributed by atoms with van der Waals surface area (Å²) in [5.41, 5.74) is 1.79. The molecule has 0 unspecified atom stereocenters. The number of aromatic nitrogens is 4. The van der Waals surface area contributed by atoms with Gasteiger partial charge in [0.2, 0.25) is 5.95 Å². The van der Waals surface area contributed by atoms with E-state index in [-0.39, 0.29) is 6.42 Å². The molecule has 128 valence electrons. The van der Waals surface area contributed by atoms with E-state index in [1.165, 1.54) is 0 Å². The van der Waals surface area contributed by atoms with E-state index >= 15 is 0 Å². The molecule has 1 saturated heterocycles. The molecule has 0 aromatic carbocycles. The molecule has 7 heteroatoms. The number of aldehydes is 1. The number of hydrogen-bond donors (Lipinski definition) is 2. The third-order valence-corrected chi connectivity index (χ3v) is 4.78. The number of aliphatic hydroxyl groups is 1. The van der Waals surface area contributed by atoms with Gasteiger partial charge in [-0.25, -0.2) is 15.0 Å². The number of nitrogens with zero attached hydrogens (tertiary/aromatic N) is 4. The van der Waals surface area contributed by atoms with Gasteiger partial charge in [-0.15, -0.1) is 0 Å². The van der Waals surface area contributed by atoms with Crippen molar-refractivity contribution in [2.24, 2.45) is 0 Å². The van der Waals surface area contributed by atoms with Crippen molar-refractivity contribution in [3.63, 3.8) is 0 Å². The number of hydrogen-bond acceptors (Lipinski definition) is 6. The van der Waals surface area contributed by atoms with E-state index in [9.17, 15) is 9.90 Å². The van der Waals surface area contributed by atoms with Crippen LogP contribution in [0.1, 0.15) is 19.3 Å². The first-order chi connectivity index (χ1) is 12.2. The maximum absolute atomic E-state index is 10.7. The molecule has 25 heavy (non-hydrogen) atoms. The van der Waals surface area contributed by atoms with E-state index in [4.69, 9.17) is 0 Å². The minimum absolute atomic E-state index is 0.190. The highest BCUT2D eigenvalue weighted by Crippen LogP contribution is 2.27. The molecule has 1 aliphatic rings. The van der Waals surface area contributed by atoms with Crippen LogP contribution in [0.25, 0.3) is 22.3 Å². The number of piperidine rings is 1. The molecule has 0 atom stereocenters. The van der Waals surface area contributed by atoms with Gasteiger partial charge in [-0.1, -0.05) is 0 Å². The standard InChI is InChI=1S/C18H19N5O2/c24-9-5-18(25)3-7-23(8-4-18)17-20-11-14(12-21-17)15-10-13-2-1-6-19-16(13)22-15/h1-2,6,9-12,25H,3-5,7-8H2,(H,19,22). The van der Waals surface area contributed by atoms with Crippen molar-refractivity contribution in [2.45, 2.75) is 24.9 Å². The van der Waals surface area contributed by atoms with Crippen molar-refractivity contribution in [3.8, 4) is 11.3 Å². The summed E-state index contributed by atoms with van der Waals surface area (Å²) in [5.74, 6) is 0.645. The van der Waals surface area contributed by atoms with Gasteiger partial charge in [0.05, 0.1) is 11.3 Å². The molecule has 0 saturated carbocycles. The Hall–Kier alpha value is -2.80. The summed E-state index contributed by atoms with van der Waals surface area (Å²) in [6, 6.07) is 5.94. The topological polar surface area (TPSA) is 95.0 Å². The van der Waals surface area contributed by atoms with E-state index in [0.29, 0.717) is 31.9 Å². The molecule has 0 radical (unpaired) electrons. The van der Waals surface area contributed by atoms with E-state index < -0.39 is 5.60 Å². The van der Waals surface area contributed by atoms with Crippen LogP contribution in [-0.2, 0) is 4.79 Å². The van der Waals surface area contributed by atoms with E-state index in [1.54, 1.807) is 18.6 Å². The number of carbonyl (C=O) groups excluding carboxylic acids is 1. The molecule has 2 N–H and O–H groups in total. The highest BCUT2D eigenvalue weighted by atomic mass is 16.3. The van der Waals surface area contributed by atoms with Crippen LogP contribution in [-0.4, -0.2) is 50.0 Å². The van der Waals surface area contributed by atoms with Crippen molar-refractivity contribution in [1.82, 2.24) is 19.9 Å². The summed E-state index contributed by atoms with van der Waals surface area (Å²) in [6.07, 6.45) is 7.41. The molecule has 0 spiro atoms. The molecule has 0 aliphatic carbocycles. The number of aromatic amines is 1. The van der Waals surface area contributed by atoms with E-state index in [1.807, 2.05) is 23.1 Å². The summed E-state index contributed by atoms with van der Waals surface area (Å²) in [5, 5.41) is 11.3. The van der Waals surface area contributed by atoms with Crippen LogP contribution in [0.2, 0.25) is 0 Å². The predicted molar refractivity (Wildman–Crippen MR) is 94.2 cm³/mol. The number of H-pyrrole nitrogens is 1. The van der Waals surface area contributed by atoms with Crippen molar-refractivity contribution in [1.29, 1.82) is 0 Å². The Bertz CT molecular complexity index is 849. The summed E-state index contributed by atoms with van der Waals surface area (Å²) >= 11 is 0. The number of rotatable bonds is 4. The minimum Gasteiger partial charge on any atom is -0.389 e. The van der Waals surface area contributed by atoms with Crippen LogP contribution < -0.4 is 4.90 Å². The Morgan fingerprint density at radius 3 is 2.68 bits per heavy atom. The van der Waals surface area contributed by atoms with Crippen LogP contribution in [0, 0.1) is 0 Å². The van der Waals surface area contributed by atoms with Gasteiger partial charge in [0.25, 0.3) is 0 Å². The Labute approximate surface area is 144 Å². The van der Waals surface area contributed by atoms with Crippen molar-refractivity contribution in [2.75, 3.05) is 18.0 Å². The van der Waals surface area contributed by atoms with E-state index in [2.05, 4.69) is 19.9 Å². The first kappa shape index (κ1) is 15.7. The van der Waals surface area contributed by atoms with Crippen molar-refractivity contribution < 1.29 is 9.90 Å². The average Bonchev–Trinajstić information content (AvgIpc) is 3.07. The predicted octanol–water partition coefficient (Wildman–Crippen LogP) is 1.94. The third-order valence-electron chi connectivity index (χ3n) is 4.78. The van der Waals surface area contributed by atoms with Crippen LogP contribution in [0.3, 0.4) is 0 Å². The Morgan fingerprint density at radius 1 is 1.24 bits per heavy atom. The summed E-state index contributed by atoms with van der Waals surface area (Å²) in [7, 11) is 0. The number of carbonyl (C=O) groups is 1. The van der Waals surface area contributed by atoms with Gasteiger partial charge in [0.1, 0.15) is 11.9 Å². The second-order valence-electron chi connectivity index (χ2n) is 6.48. The average molecular weight is 337 g/mol. The smallest absolute Gasteiger partial charge is 0.225 e. The summed E-state index contributed by atoms with van der Waals surface area (Å²) < 4.78 is 0.